The van der Waals surface area contributed by atoms with Gasteiger partial charge in [-0.3, -0.25) is 5.10 Å². The highest BCUT2D eigenvalue weighted by Gasteiger charge is 2.16. The van der Waals surface area contributed by atoms with Gasteiger partial charge in [0.05, 0.1) is 36.2 Å². The number of aromatic carboxylic acids is 1. The molecule has 2 aromatic heterocycles. The second-order valence-corrected chi connectivity index (χ2v) is 6.93. The van der Waals surface area contributed by atoms with Crippen LogP contribution in [-0.2, 0) is 4.74 Å². The van der Waals surface area contributed by atoms with Gasteiger partial charge in [0.2, 0.25) is 0 Å². The molecule has 1 aliphatic rings. The van der Waals surface area contributed by atoms with E-state index in [1.165, 1.54) is 0 Å². The summed E-state index contributed by atoms with van der Waals surface area (Å²) in [7, 11) is 0. The van der Waals surface area contributed by atoms with Gasteiger partial charge in [0.25, 0.3) is 0 Å². The summed E-state index contributed by atoms with van der Waals surface area (Å²) in [5.41, 5.74) is 4.62. The van der Waals surface area contributed by atoms with Crippen LogP contribution in [0.25, 0.3) is 33.7 Å². The zero-order chi connectivity index (χ0) is 19.8. The van der Waals surface area contributed by atoms with Crippen LogP contribution in [0.1, 0.15) is 10.4 Å². The first-order valence-corrected chi connectivity index (χ1v) is 9.39. The molecule has 5 rings (SSSR count). The van der Waals surface area contributed by atoms with Crippen LogP contribution in [0, 0.1) is 0 Å². The number of imidazole rings is 1. The van der Waals surface area contributed by atoms with Crippen molar-refractivity contribution < 1.29 is 14.6 Å². The number of H-pyrrole nitrogens is 2. The quantitative estimate of drug-likeness (QED) is 0.495. The highest BCUT2D eigenvalue weighted by atomic mass is 16.5. The molecule has 29 heavy (non-hydrogen) atoms. The zero-order valence-corrected chi connectivity index (χ0v) is 15.6. The summed E-state index contributed by atoms with van der Waals surface area (Å²) in [6, 6.07) is 13.2. The molecule has 0 amide bonds. The molecule has 0 spiro atoms. The Morgan fingerprint density at radius 3 is 2.83 bits per heavy atom. The lowest BCUT2D eigenvalue weighted by atomic mass is 10.1. The molecule has 1 saturated heterocycles. The number of rotatable bonds is 4. The van der Waals surface area contributed by atoms with E-state index in [2.05, 4.69) is 37.2 Å². The van der Waals surface area contributed by atoms with Crippen molar-refractivity contribution in [3.05, 3.63) is 54.2 Å². The Bertz CT molecular complexity index is 1190. The first-order chi connectivity index (χ1) is 14.2. The highest BCUT2D eigenvalue weighted by Crippen LogP contribution is 2.29. The fourth-order valence-electron chi connectivity index (χ4n) is 3.61. The Balaban J connectivity index is 1.49. The maximum Gasteiger partial charge on any atom is 0.335 e. The zero-order valence-electron chi connectivity index (χ0n) is 15.6. The minimum atomic E-state index is -0.973. The molecule has 1 aliphatic heterocycles. The number of aromatic amines is 2. The van der Waals surface area contributed by atoms with Gasteiger partial charge >= 0.3 is 5.97 Å². The van der Waals surface area contributed by atoms with E-state index in [1.807, 2.05) is 12.1 Å². The average molecular weight is 389 g/mol. The summed E-state index contributed by atoms with van der Waals surface area (Å²) < 4.78 is 5.43. The average Bonchev–Trinajstić information content (AvgIpc) is 3.41. The van der Waals surface area contributed by atoms with Crippen LogP contribution < -0.4 is 4.90 Å². The molecule has 0 radical (unpaired) electrons. The lowest BCUT2D eigenvalue weighted by Gasteiger charge is -2.29. The van der Waals surface area contributed by atoms with Crippen LogP contribution >= 0.6 is 0 Å². The van der Waals surface area contributed by atoms with Crippen molar-refractivity contribution in [1.82, 2.24) is 20.2 Å². The van der Waals surface area contributed by atoms with Gasteiger partial charge in [-0.2, -0.15) is 5.10 Å². The van der Waals surface area contributed by atoms with Crippen molar-refractivity contribution >= 4 is 22.6 Å². The second kappa shape index (κ2) is 7.06. The summed E-state index contributed by atoms with van der Waals surface area (Å²) >= 11 is 0. The van der Waals surface area contributed by atoms with Crippen molar-refractivity contribution in [3.8, 4) is 22.8 Å². The molecule has 4 aromatic rings. The van der Waals surface area contributed by atoms with Gasteiger partial charge in [0.1, 0.15) is 5.69 Å². The molecule has 8 nitrogen and oxygen atoms in total. The standard InChI is InChI=1S/C21H19N5O3/c27-21(28)14-4-5-17-16(11-14)19(25-24-17)20-22-12-18(23-20)13-2-1-3-15(10-13)26-6-8-29-9-7-26/h1-5,10-12H,6-9H2,(H,22,23)(H,24,25)(H,27,28). The maximum atomic E-state index is 11.3. The number of ether oxygens (including phenoxy) is 1. The summed E-state index contributed by atoms with van der Waals surface area (Å²) in [4.78, 5) is 21.4. The normalized spacial score (nSPS) is 14.4. The first kappa shape index (κ1) is 17.4. The van der Waals surface area contributed by atoms with E-state index in [1.54, 1.807) is 24.4 Å². The fourth-order valence-corrected chi connectivity index (χ4v) is 3.61. The number of carboxylic acids is 1. The molecule has 0 aliphatic carbocycles. The number of nitrogens with zero attached hydrogens (tertiary/aromatic N) is 3. The number of fused-ring (bicyclic) bond motifs is 1. The molecule has 3 N–H and O–H groups in total. The Labute approximate surface area is 166 Å². The SMILES string of the molecule is O=C(O)c1ccc2[nH]nc(-c3ncc(-c4cccc(N5CCOCC5)c4)[nH]3)c2c1. The number of aromatic nitrogens is 4. The first-order valence-electron chi connectivity index (χ1n) is 9.39. The minimum Gasteiger partial charge on any atom is -0.478 e. The number of carboxylic acid groups (broad SMARTS) is 1. The summed E-state index contributed by atoms with van der Waals surface area (Å²) in [5, 5.41) is 17.2. The van der Waals surface area contributed by atoms with Crippen molar-refractivity contribution in [2.24, 2.45) is 0 Å². The third kappa shape index (κ3) is 3.23. The molecule has 0 saturated carbocycles. The lowest BCUT2D eigenvalue weighted by Crippen LogP contribution is -2.36. The smallest absolute Gasteiger partial charge is 0.335 e. The highest BCUT2D eigenvalue weighted by molar-refractivity contribution is 5.98. The van der Waals surface area contributed by atoms with Crippen molar-refractivity contribution in [2.75, 3.05) is 31.2 Å². The van der Waals surface area contributed by atoms with Gasteiger partial charge in [-0.1, -0.05) is 12.1 Å². The number of benzene rings is 2. The molecule has 0 atom stereocenters. The topological polar surface area (TPSA) is 107 Å². The monoisotopic (exact) mass is 389 g/mol. The molecule has 1 fully saturated rings. The van der Waals surface area contributed by atoms with Gasteiger partial charge in [-0.25, -0.2) is 9.78 Å². The molecule has 2 aromatic carbocycles. The van der Waals surface area contributed by atoms with E-state index in [0.717, 1.165) is 48.8 Å². The Kier molecular flexibility index (Phi) is 4.25. The third-order valence-electron chi connectivity index (χ3n) is 5.14. The van der Waals surface area contributed by atoms with Crippen LogP contribution in [0.2, 0.25) is 0 Å². The number of hydrogen-bond acceptors (Lipinski definition) is 5. The summed E-state index contributed by atoms with van der Waals surface area (Å²) in [6.07, 6.45) is 1.77. The lowest BCUT2D eigenvalue weighted by molar-refractivity contribution is 0.0697. The predicted octanol–water partition coefficient (Wildman–Crippen LogP) is 3.15. The van der Waals surface area contributed by atoms with Crippen LogP contribution in [0.4, 0.5) is 5.69 Å². The van der Waals surface area contributed by atoms with Gasteiger partial charge in [0.15, 0.2) is 5.82 Å². The molecule has 0 unspecified atom stereocenters. The molecule has 3 heterocycles. The number of carbonyl (C=O) groups is 1. The number of hydrogen-bond donors (Lipinski definition) is 3. The Morgan fingerprint density at radius 2 is 2.00 bits per heavy atom. The second-order valence-electron chi connectivity index (χ2n) is 6.93. The van der Waals surface area contributed by atoms with E-state index < -0.39 is 5.97 Å². The predicted molar refractivity (Wildman–Crippen MR) is 109 cm³/mol. The van der Waals surface area contributed by atoms with Crippen molar-refractivity contribution in [1.29, 1.82) is 0 Å². The fraction of sp³-hybridized carbons (Fsp3) is 0.190. The molecule has 146 valence electrons. The van der Waals surface area contributed by atoms with Gasteiger partial charge in [0, 0.05) is 29.7 Å². The number of morpholine rings is 1. The molecular weight excluding hydrogens is 370 g/mol. The Hall–Kier alpha value is -3.65. The summed E-state index contributed by atoms with van der Waals surface area (Å²) in [6.45, 7) is 3.23. The molecule has 8 heteroatoms. The maximum absolute atomic E-state index is 11.3. The van der Waals surface area contributed by atoms with E-state index >= 15 is 0 Å². The van der Waals surface area contributed by atoms with E-state index in [4.69, 9.17) is 4.74 Å². The minimum absolute atomic E-state index is 0.213. The number of nitrogens with one attached hydrogen (secondary N) is 2. The van der Waals surface area contributed by atoms with Crippen LogP contribution in [0.5, 0.6) is 0 Å². The van der Waals surface area contributed by atoms with Gasteiger partial charge < -0.3 is 19.7 Å². The van der Waals surface area contributed by atoms with Crippen molar-refractivity contribution in [2.45, 2.75) is 0 Å². The molecular formula is C21H19N5O3. The van der Waals surface area contributed by atoms with Gasteiger partial charge in [-0.05, 0) is 30.3 Å². The van der Waals surface area contributed by atoms with E-state index in [-0.39, 0.29) is 5.56 Å². The van der Waals surface area contributed by atoms with Crippen molar-refractivity contribution in [3.63, 3.8) is 0 Å². The largest absolute Gasteiger partial charge is 0.478 e. The third-order valence-corrected chi connectivity index (χ3v) is 5.14. The van der Waals surface area contributed by atoms with Crippen LogP contribution in [0.3, 0.4) is 0 Å². The van der Waals surface area contributed by atoms with E-state index in [0.29, 0.717) is 16.9 Å². The molecule has 0 bridgehead atoms. The van der Waals surface area contributed by atoms with Gasteiger partial charge in [-0.15, -0.1) is 0 Å². The Morgan fingerprint density at radius 1 is 1.14 bits per heavy atom. The van der Waals surface area contributed by atoms with E-state index in [9.17, 15) is 9.90 Å². The van der Waals surface area contributed by atoms with Crippen LogP contribution in [-0.4, -0.2) is 57.5 Å². The summed E-state index contributed by atoms with van der Waals surface area (Å²) in [5.74, 6) is -0.385. The van der Waals surface area contributed by atoms with Crippen LogP contribution in [0.15, 0.2) is 48.7 Å². The number of anilines is 1.